The zero-order valence-electron chi connectivity index (χ0n) is 18.7. The van der Waals surface area contributed by atoms with Gasteiger partial charge in [-0.05, 0) is 57.4 Å². The largest absolute Gasteiger partial charge is 0.388 e. The van der Waals surface area contributed by atoms with Gasteiger partial charge in [0.15, 0.2) is 0 Å². The summed E-state index contributed by atoms with van der Waals surface area (Å²) in [5.74, 6) is -0.446. The van der Waals surface area contributed by atoms with Gasteiger partial charge in [-0.2, -0.15) is 0 Å². The van der Waals surface area contributed by atoms with Crippen LogP contribution in [0.1, 0.15) is 51.0 Å². The molecule has 0 saturated carbocycles. The molecule has 1 aromatic carbocycles. The Balaban J connectivity index is 1.68. The number of hydrogen-bond donors (Lipinski definition) is 4. The summed E-state index contributed by atoms with van der Waals surface area (Å²) in [6.07, 6.45) is 4.89. The van der Waals surface area contributed by atoms with Crippen molar-refractivity contribution < 1.29 is 14.4 Å². The molecule has 0 bridgehead atoms. The molecule has 8 heteroatoms. The number of likely N-dealkylation sites (N-methyl/N-ethyl adjacent to an activating group) is 1. The number of fused-ring (bicyclic) bond motifs is 1. The van der Waals surface area contributed by atoms with E-state index in [2.05, 4.69) is 21.3 Å². The Morgan fingerprint density at radius 3 is 2.65 bits per heavy atom. The Bertz CT molecular complexity index is 799. The Morgan fingerprint density at radius 2 is 1.90 bits per heavy atom. The third-order valence-corrected chi connectivity index (χ3v) is 6.46. The summed E-state index contributed by atoms with van der Waals surface area (Å²) < 4.78 is 0. The highest BCUT2D eigenvalue weighted by molar-refractivity contribution is 5.93. The molecule has 0 aliphatic carbocycles. The van der Waals surface area contributed by atoms with Crippen LogP contribution in [0.3, 0.4) is 0 Å². The Morgan fingerprint density at radius 1 is 1.13 bits per heavy atom. The van der Waals surface area contributed by atoms with E-state index in [0.717, 1.165) is 36.9 Å². The van der Waals surface area contributed by atoms with Gasteiger partial charge in [0.1, 0.15) is 12.1 Å². The molecule has 3 unspecified atom stereocenters. The van der Waals surface area contributed by atoms with E-state index in [1.54, 1.807) is 18.9 Å². The summed E-state index contributed by atoms with van der Waals surface area (Å²) in [5, 5.41) is 11.9. The fourth-order valence-corrected chi connectivity index (χ4v) is 4.49. The minimum atomic E-state index is -0.577. The van der Waals surface area contributed by atoms with E-state index in [1.807, 2.05) is 31.3 Å². The van der Waals surface area contributed by atoms with E-state index in [-0.39, 0.29) is 29.8 Å². The van der Waals surface area contributed by atoms with E-state index in [9.17, 15) is 14.4 Å². The molecule has 2 aliphatic rings. The van der Waals surface area contributed by atoms with Gasteiger partial charge in [0.2, 0.25) is 17.7 Å². The normalized spacial score (nSPS) is 24.5. The molecule has 4 atom stereocenters. The molecule has 1 aromatic rings. The van der Waals surface area contributed by atoms with Crippen LogP contribution in [-0.2, 0) is 20.9 Å². The number of hydrogen-bond acceptors (Lipinski definition) is 5. The van der Waals surface area contributed by atoms with Gasteiger partial charge in [0.25, 0.3) is 0 Å². The predicted molar refractivity (Wildman–Crippen MR) is 120 cm³/mol. The summed E-state index contributed by atoms with van der Waals surface area (Å²) in [4.78, 5) is 40.6. The Hall–Kier alpha value is -2.61. The average Bonchev–Trinajstić information content (AvgIpc) is 3.20. The molecule has 2 fully saturated rings. The number of rotatable bonds is 7. The second-order valence-corrected chi connectivity index (χ2v) is 8.52. The molecule has 8 nitrogen and oxygen atoms in total. The zero-order chi connectivity index (χ0) is 22.4. The fraction of sp³-hybridized carbons (Fsp3) is 0.609. The zero-order valence-corrected chi connectivity index (χ0v) is 18.7. The summed E-state index contributed by atoms with van der Waals surface area (Å²) in [7, 11) is 3.57. The minimum absolute atomic E-state index is 0.0669. The molecular weight excluding hydrogens is 394 g/mol. The van der Waals surface area contributed by atoms with Gasteiger partial charge >= 0.3 is 0 Å². The highest BCUT2D eigenvalue weighted by atomic mass is 16.2. The van der Waals surface area contributed by atoms with Gasteiger partial charge in [0.05, 0.1) is 6.04 Å². The lowest BCUT2D eigenvalue weighted by Crippen LogP contribution is -2.57. The van der Waals surface area contributed by atoms with Crippen molar-refractivity contribution in [1.82, 2.24) is 20.9 Å². The highest BCUT2D eigenvalue weighted by Crippen LogP contribution is 2.31. The van der Waals surface area contributed by atoms with Crippen LogP contribution in [0.15, 0.2) is 24.3 Å². The first-order chi connectivity index (χ1) is 14.9. The molecule has 2 heterocycles. The van der Waals surface area contributed by atoms with Crippen molar-refractivity contribution in [2.45, 2.75) is 76.2 Å². The van der Waals surface area contributed by atoms with Crippen molar-refractivity contribution in [2.24, 2.45) is 0 Å². The average molecular weight is 430 g/mol. The van der Waals surface area contributed by atoms with Crippen molar-refractivity contribution in [2.75, 3.05) is 19.4 Å². The van der Waals surface area contributed by atoms with E-state index in [1.165, 1.54) is 0 Å². The molecule has 2 aliphatic heterocycles. The molecule has 31 heavy (non-hydrogen) atoms. The highest BCUT2D eigenvalue weighted by Gasteiger charge is 2.43. The SMILES string of the molecule is CNc1cccc(CNC(=O)[C@@H]2CCC3CCCCC(NC(=O)C(C)NC)C(=O)N32)c1. The molecule has 3 rings (SSSR count). The lowest BCUT2D eigenvalue weighted by Gasteiger charge is -2.35. The lowest BCUT2D eigenvalue weighted by atomic mass is 9.98. The van der Waals surface area contributed by atoms with Crippen LogP contribution >= 0.6 is 0 Å². The standard InChI is InChI=1S/C23H35N5O3/c1-15(24-2)21(29)27-19-10-5-4-9-18-11-12-20(28(18)23(19)31)22(30)26-14-16-7-6-8-17(13-16)25-3/h6-8,13,15,18-20,24-25H,4-5,9-12,14H2,1-3H3,(H,26,30)(H,27,29)/t15?,18?,19?,20-/m0/s1. The predicted octanol–water partition coefficient (Wildman–Crippen LogP) is 1.37. The quantitative estimate of drug-likeness (QED) is 0.524. The number of carbonyl (C=O) groups excluding carboxylic acids is 3. The Kier molecular flexibility index (Phi) is 7.90. The summed E-state index contributed by atoms with van der Waals surface area (Å²) >= 11 is 0. The van der Waals surface area contributed by atoms with Gasteiger partial charge in [-0.15, -0.1) is 0 Å². The van der Waals surface area contributed by atoms with Crippen LogP contribution in [0.2, 0.25) is 0 Å². The fourth-order valence-electron chi connectivity index (χ4n) is 4.49. The Labute approximate surface area is 184 Å². The van der Waals surface area contributed by atoms with Crippen LogP contribution in [-0.4, -0.2) is 60.9 Å². The second-order valence-electron chi connectivity index (χ2n) is 8.52. The molecule has 3 amide bonds. The van der Waals surface area contributed by atoms with Crippen LogP contribution in [0.5, 0.6) is 0 Å². The first kappa shape index (κ1) is 23.1. The first-order valence-corrected chi connectivity index (χ1v) is 11.3. The van der Waals surface area contributed by atoms with Gasteiger partial charge in [-0.3, -0.25) is 14.4 Å². The first-order valence-electron chi connectivity index (χ1n) is 11.3. The van der Waals surface area contributed by atoms with Gasteiger partial charge in [-0.1, -0.05) is 25.0 Å². The van der Waals surface area contributed by atoms with E-state index >= 15 is 0 Å². The lowest BCUT2D eigenvalue weighted by molar-refractivity contribution is -0.144. The molecule has 4 N–H and O–H groups in total. The van der Waals surface area contributed by atoms with E-state index in [4.69, 9.17) is 0 Å². The molecule has 170 valence electrons. The summed E-state index contributed by atoms with van der Waals surface area (Å²) in [6.45, 7) is 2.18. The molecule has 0 radical (unpaired) electrons. The topological polar surface area (TPSA) is 103 Å². The van der Waals surface area contributed by atoms with Crippen LogP contribution < -0.4 is 21.3 Å². The summed E-state index contributed by atoms with van der Waals surface area (Å²) in [6, 6.07) is 6.50. The summed E-state index contributed by atoms with van der Waals surface area (Å²) in [5.41, 5.74) is 1.99. The van der Waals surface area contributed by atoms with Crippen molar-refractivity contribution in [3.63, 3.8) is 0 Å². The maximum atomic E-state index is 13.4. The third-order valence-electron chi connectivity index (χ3n) is 6.46. The van der Waals surface area contributed by atoms with Gasteiger partial charge < -0.3 is 26.2 Å². The monoisotopic (exact) mass is 429 g/mol. The number of anilines is 1. The van der Waals surface area contributed by atoms with Crippen molar-refractivity contribution >= 4 is 23.4 Å². The number of carbonyl (C=O) groups is 3. The number of nitrogens with one attached hydrogen (secondary N) is 4. The molecule has 2 saturated heterocycles. The number of amides is 3. The number of nitrogens with zero attached hydrogens (tertiary/aromatic N) is 1. The maximum absolute atomic E-state index is 13.4. The van der Waals surface area contributed by atoms with Crippen LogP contribution in [0.4, 0.5) is 5.69 Å². The van der Waals surface area contributed by atoms with E-state index < -0.39 is 12.1 Å². The second kappa shape index (κ2) is 10.6. The smallest absolute Gasteiger partial charge is 0.246 e. The minimum Gasteiger partial charge on any atom is -0.388 e. The van der Waals surface area contributed by atoms with Crippen LogP contribution in [0.25, 0.3) is 0 Å². The third kappa shape index (κ3) is 5.55. The molecule has 0 spiro atoms. The van der Waals surface area contributed by atoms with E-state index in [0.29, 0.717) is 19.4 Å². The molecular formula is C23H35N5O3. The van der Waals surface area contributed by atoms with Crippen molar-refractivity contribution in [3.8, 4) is 0 Å². The molecule has 0 aromatic heterocycles. The van der Waals surface area contributed by atoms with Crippen molar-refractivity contribution in [3.05, 3.63) is 29.8 Å². The van der Waals surface area contributed by atoms with Crippen LogP contribution in [0, 0.1) is 0 Å². The van der Waals surface area contributed by atoms with Crippen molar-refractivity contribution in [1.29, 1.82) is 0 Å². The van der Waals surface area contributed by atoms with Gasteiger partial charge in [-0.25, -0.2) is 0 Å². The number of benzene rings is 1. The maximum Gasteiger partial charge on any atom is 0.246 e. The van der Waals surface area contributed by atoms with Gasteiger partial charge in [0, 0.05) is 25.3 Å².